The highest BCUT2D eigenvalue weighted by Gasteiger charge is 2.38. The van der Waals surface area contributed by atoms with Crippen LogP contribution >= 0.6 is 35.0 Å². The Hall–Kier alpha value is -3.20. The molecule has 4 N–H and O–H groups in total. The zero-order chi connectivity index (χ0) is 24.6. The first-order valence-electron chi connectivity index (χ1n) is 10.2. The number of fused-ring (bicyclic) bond motifs is 1. The van der Waals surface area contributed by atoms with E-state index in [0.717, 1.165) is 16.3 Å². The van der Waals surface area contributed by atoms with Crippen LogP contribution in [0, 0.1) is 0 Å². The molecule has 4 rings (SSSR count). The van der Waals surface area contributed by atoms with Crippen molar-refractivity contribution in [1.29, 1.82) is 0 Å². The van der Waals surface area contributed by atoms with Gasteiger partial charge in [0, 0.05) is 15.3 Å². The Morgan fingerprint density at radius 3 is 2.38 bits per heavy atom. The van der Waals surface area contributed by atoms with E-state index in [0.29, 0.717) is 21.2 Å². The van der Waals surface area contributed by atoms with Crippen LogP contribution in [0.25, 0.3) is 11.0 Å². The minimum Gasteiger partial charge on any atom is -0.461 e. The minimum atomic E-state index is -0.933. The standard InChI is InChI=1S/C24H19Cl2N3O4S/c1-2-33-24(32)19-17(27)14(11-12-7-3-5-9-15(12)25)18-21(22(28)30)34-20(23(31)29(18)19)13-8-4-6-10-16(13)26/h3-11,20H,2,27H2,1H3,(H2,28,30)/b14-11+/t20-/m1/s1. The molecule has 0 saturated carbocycles. The molecule has 0 aliphatic carbocycles. The van der Waals surface area contributed by atoms with Crippen molar-refractivity contribution >= 4 is 69.4 Å². The molecule has 1 aromatic heterocycles. The van der Waals surface area contributed by atoms with Crippen LogP contribution in [0.1, 0.15) is 38.6 Å². The number of anilines is 1. The Kier molecular flexibility index (Phi) is 6.74. The number of carbonyl (C=O) groups excluding carboxylic acids is 3. The molecule has 2 aromatic carbocycles. The summed E-state index contributed by atoms with van der Waals surface area (Å²) in [6.07, 6.45) is 1.61. The molecule has 1 atom stereocenters. The number of amides is 1. The lowest BCUT2D eigenvalue weighted by atomic mass is 10.1. The molecule has 10 heteroatoms. The largest absolute Gasteiger partial charge is 0.461 e. The third-order valence-electron chi connectivity index (χ3n) is 5.23. The fraction of sp³-hybridized carbons (Fsp3) is 0.125. The lowest BCUT2D eigenvalue weighted by Crippen LogP contribution is -2.43. The number of nitrogen functional groups attached to an aromatic ring is 1. The summed E-state index contributed by atoms with van der Waals surface area (Å²) in [4.78, 5) is 39.3. The van der Waals surface area contributed by atoms with Crippen molar-refractivity contribution in [3.63, 3.8) is 0 Å². The van der Waals surface area contributed by atoms with Gasteiger partial charge in [-0.25, -0.2) is 4.79 Å². The maximum Gasteiger partial charge on any atom is 0.357 e. The topological polar surface area (TPSA) is 117 Å². The van der Waals surface area contributed by atoms with E-state index in [1.54, 1.807) is 61.5 Å². The van der Waals surface area contributed by atoms with Crippen molar-refractivity contribution in [2.24, 2.45) is 5.73 Å². The fourth-order valence-electron chi connectivity index (χ4n) is 3.75. The number of carbonyl (C=O) groups is 3. The number of rotatable bonds is 5. The molecule has 7 nitrogen and oxygen atoms in total. The van der Waals surface area contributed by atoms with Crippen LogP contribution < -0.4 is 22.0 Å². The van der Waals surface area contributed by atoms with Crippen LogP contribution in [0.5, 0.6) is 0 Å². The predicted molar refractivity (Wildman–Crippen MR) is 134 cm³/mol. The summed E-state index contributed by atoms with van der Waals surface area (Å²) in [7, 11) is 0. The molecule has 0 fully saturated rings. The highest BCUT2D eigenvalue weighted by atomic mass is 35.5. The molecule has 34 heavy (non-hydrogen) atoms. The number of aromatic nitrogens is 1. The van der Waals surface area contributed by atoms with Crippen molar-refractivity contribution in [1.82, 2.24) is 4.57 Å². The molecule has 0 bridgehead atoms. The summed E-state index contributed by atoms with van der Waals surface area (Å²) >= 11 is 13.6. The van der Waals surface area contributed by atoms with E-state index < -0.39 is 23.0 Å². The predicted octanol–water partition coefficient (Wildman–Crippen LogP) is 3.10. The quantitative estimate of drug-likeness (QED) is 0.504. The Bertz CT molecular complexity index is 1470. The molecule has 3 aromatic rings. The molecule has 0 unspecified atom stereocenters. The van der Waals surface area contributed by atoms with E-state index in [1.165, 1.54) is 0 Å². The van der Waals surface area contributed by atoms with Gasteiger partial charge in [-0.3, -0.25) is 14.2 Å². The molecule has 1 aliphatic heterocycles. The number of esters is 1. The molecule has 0 radical (unpaired) electrons. The number of hydrogen-bond acceptors (Lipinski definition) is 6. The average Bonchev–Trinajstić information content (AvgIpc) is 3.09. The van der Waals surface area contributed by atoms with Gasteiger partial charge in [-0.2, -0.15) is 0 Å². The van der Waals surface area contributed by atoms with Gasteiger partial charge in [0.05, 0.1) is 22.5 Å². The first-order chi connectivity index (χ1) is 16.3. The van der Waals surface area contributed by atoms with Crippen LogP contribution in [0.4, 0.5) is 5.69 Å². The molecule has 2 heterocycles. The van der Waals surface area contributed by atoms with E-state index in [2.05, 4.69) is 0 Å². The summed E-state index contributed by atoms with van der Waals surface area (Å²) in [5.41, 5.74) is 13.0. The number of ether oxygens (including phenoxy) is 1. The lowest BCUT2D eigenvalue weighted by molar-refractivity contribution is -0.112. The van der Waals surface area contributed by atoms with Gasteiger partial charge in [-0.15, -0.1) is 0 Å². The van der Waals surface area contributed by atoms with Crippen molar-refractivity contribution < 1.29 is 19.1 Å². The zero-order valence-corrected chi connectivity index (χ0v) is 20.2. The van der Waals surface area contributed by atoms with E-state index in [1.807, 2.05) is 0 Å². The van der Waals surface area contributed by atoms with Crippen LogP contribution in [-0.2, 0) is 9.53 Å². The SMILES string of the molecule is CCOC(=O)c1c(N)/c(=C\c2ccccc2Cl)c2n1C(=O)[C@@H](c1ccccc1Cl)SC=2C(N)=O. The fourth-order valence-corrected chi connectivity index (χ4v) is 5.45. The Labute approximate surface area is 209 Å². The second-order valence-electron chi connectivity index (χ2n) is 7.30. The average molecular weight is 516 g/mol. The smallest absolute Gasteiger partial charge is 0.357 e. The summed E-state index contributed by atoms with van der Waals surface area (Å²) in [6.45, 7) is 1.70. The first kappa shape index (κ1) is 23.9. The molecule has 0 spiro atoms. The van der Waals surface area contributed by atoms with Crippen LogP contribution in [0.2, 0.25) is 10.0 Å². The van der Waals surface area contributed by atoms with Gasteiger partial charge in [0.1, 0.15) is 5.25 Å². The molecule has 1 amide bonds. The zero-order valence-electron chi connectivity index (χ0n) is 17.9. The molecule has 174 valence electrons. The van der Waals surface area contributed by atoms with Gasteiger partial charge in [0.2, 0.25) is 5.91 Å². The normalized spacial score (nSPS) is 15.9. The molecular formula is C24H19Cl2N3O4S. The van der Waals surface area contributed by atoms with Gasteiger partial charge in [-0.05, 0) is 36.3 Å². The van der Waals surface area contributed by atoms with Crippen LogP contribution in [-0.4, -0.2) is 29.0 Å². The number of benzene rings is 2. The third kappa shape index (κ3) is 4.09. The third-order valence-corrected chi connectivity index (χ3v) is 7.24. The maximum atomic E-state index is 13.8. The number of nitrogens with zero attached hydrogens (tertiary/aromatic N) is 1. The summed E-state index contributed by atoms with van der Waals surface area (Å²) in [5.74, 6) is -2.09. The van der Waals surface area contributed by atoms with E-state index in [9.17, 15) is 14.4 Å². The van der Waals surface area contributed by atoms with Gasteiger partial charge in [0.15, 0.2) is 5.69 Å². The maximum absolute atomic E-state index is 13.8. The van der Waals surface area contributed by atoms with E-state index >= 15 is 0 Å². The second kappa shape index (κ2) is 9.58. The van der Waals surface area contributed by atoms with Crippen molar-refractivity contribution in [3.8, 4) is 0 Å². The number of hydrogen-bond donors (Lipinski definition) is 2. The highest BCUT2D eigenvalue weighted by Crippen LogP contribution is 2.41. The highest BCUT2D eigenvalue weighted by molar-refractivity contribution is 8.10. The van der Waals surface area contributed by atoms with Crippen LogP contribution in [0.3, 0.4) is 0 Å². The molecule has 0 saturated heterocycles. The Balaban J connectivity index is 2.12. The Morgan fingerprint density at radius 2 is 1.76 bits per heavy atom. The Morgan fingerprint density at radius 1 is 1.12 bits per heavy atom. The number of halogens is 2. The van der Waals surface area contributed by atoms with Crippen molar-refractivity contribution in [2.75, 3.05) is 12.3 Å². The monoisotopic (exact) mass is 515 g/mol. The lowest BCUT2D eigenvalue weighted by Gasteiger charge is -2.23. The molecule has 1 aliphatic rings. The minimum absolute atomic E-state index is 0.0270. The van der Waals surface area contributed by atoms with Gasteiger partial charge in [0.25, 0.3) is 5.91 Å². The van der Waals surface area contributed by atoms with Crippen molar-refractivity contribution in [2.45, 2.75) is 12.2 Å². The summed E-state index contributed by atoms with van der Waals surface area (Å²) in [6, 6.07) is 13.7. The number of nitrogens with two attached hydrogens (primary N) is 2. The summed E-state index contributed by atoms with van der Waals surface area (Å²) in [5, 5.41) is 0.205. The molecular weight excluding hydrogens is 497 g/mol. The van der Waals surface area contributed by atoms with Gasteiger partial charge >= 0.3 is 5.97 Å². The van der Waals surface area contributed by atoms with Crippen molar-refractivity contribution in [3.05, 3.63) is 86.0 Å². The number of primary amides is 1. The van der Waals surface area contributed by atoms with Gasteiger partial charge < -0.3 is 16.2 Å². The summed E-state index contributed by atoms with van der Waals surface area (Å²) < 4.78 is 6.29. The van der Waals surface area contributed by atoms with E-state index in [-0.39, 0.29) is 33.5 Å². The first-order valence-corrected chi connectivity index (χ1v) is 11.8. The number of thioether (sulfide) groups is 1. The van der Waals surface area contributed by atoms with E-state index in [4.69, 9.17) is 39.4 Å². The second-order valence-corrected chi connectivity index (χ2v) is 9.23. The van der Waals surface area contributed by atoms with Crippen LogP contribution in [0.15, 0.2) is 48.5 Å². The van der Waals surface area contributed by atoms with Gasteiger partial charge in [-0.1, -0.05) is 71.4 Å².